The van der Waals surface area contributed by atoms with Crippen LogP contribution >= 0.6 is 0 Å². The minimum absolute atomic E-state index is 0.316. The van der Waals surface area contributed by atoms with E-state index in [-0.39, 0.29) is 0 Å². The molecular weight excluding hydrogens is 205 g/mol. The normalized spacial score (nSPS) is 10.1. The summed E-state index contributed by atoms with van der Waals surface area (Å²) in [5.41, 5.74) is 2.49. The van der Waals surface area contributed by atoms with Crippen molar-refractivity contribution in [3.05, 3.63) is 47.3 Å². The molecule has 16 heavy (non-hydrogen) atoms. The van der Waals surface area contributed by atoms with Crippen LogP contribution in [0.4, 0.5) is 4.39 Å². The third-order valence-electron chi connectivity index (χ3n) is 2.59. The van der Waals surface area contributed by atoms with Crippen LogP contribution in [0, 0.1) is 31.0 Å². The Balaban J connectivity index is 2.58. The second-order valence-electron chi connectivity index (χ2n) is 3.56. The largest absolute Gasteiger partial charge is 0.300 e. The van der Waals surface area contributed by atoms with Gasteiger partial charge in [-0.2, -0.15) is 5.26 Å². The van der Waals surface area contributed by atoms with Crippen molar-refractivity contribution in [2.24, 2.45) is 0 Å². The molecule has 2 aromatic rings. The molecule has 0 spiro atoms. The molecule has 0 N–H and O–H groups in total. The topological polar surface area (TPSA) is 41.6 Å². The second-order valence-corrected chi connectivity index (χ2v) is 3.56. The molecule has 0 atom stereocenters. The molecule has 2 rings (SSSR count). The van der Waals surface area contributed by atoms with Crippen molar-refractivity contribution in [2.75, 3.05) is 0 Å². The molecule has 0 amide bonds. The van der Waals surface area contributed by atoms with E-state index >= 15 is 0 Å². The number of rotatable bonds is 1. The quantitative estimate of drug-likeness (QED) is 0.733. The molecule has 0 aliphatic carbocycles. The Hall–Kier alpha value is -2.15. The van der Waals surface area contributed by atoms with Gasteiger partial charge in [-0.05, 0) is 32.0 Å². The van der Waals surface area contributed by atoms with Crippen LogP contribution in [0.3, 0.4) is 0 Å². The van der Waals surface area contributed by atoms with Crippen molar-refractivity contribution in [2.45, 2.75) is 13.8 Å². The highest BCUT2D eigenvalue weighted by Crippen LogP contribution is 2.18. The van der Waals surface area contributed by atoms with Crippen LogP contribution < -0.4 is 0 Å². The maximum Gasteiger partial charge on any atom is 0.148 e. The maximum absolute atomic E-state index is 13.7. The molecule has 4 heteroatoms. The van der Waals surface area contributed by atoms with E-state index < -0.39 is 5.82 Å². The summed E-state index contributed by atoms with van der Waals surface area (Å²) in [7, 11) is 0. The van der Waals surface area contributed by atoms with Crippen LogP contribution in [0.25, 0.3) is 5.69 Å². The van der Waals surface area contributed by atoms with Gasteiger partial charge >= 0.3 is 0 Å². The molecule has 0 aliphatic heterocycles. The van der Waals surface area contributed by atoms with Gasteiger partial charge < -0.3 is 4.57 Å². The van der Waals surface area contributed by atoms with E-state index in [4.69, 9.17) is 5.26 Å². The smallest absolute Gasteiger partial charge is 0.148 e. The Kier molecular flexibility index (Phi) is 2.45. The van der Waals surface area contributed by atoms with Gasteiger partial charge in [0, 0.05) is 5.69 Å². The van der Waals surface area contributed by atoms with E-state index in [0.717, 1.165) is 11.4 Å². The Morgan fingerprint density at radius 1 is 1.38 bits per heavy atom. The summed E-state index contributed by atoms with van der Waals surface area (Å²) in [6.45, 7) is 3.74. The van der Waals surface area contributed by atoms with Crippen LogP contribution in [0.5, 0.6) is 0 Å². The van der Waals surface area contributed by atoms with Gasteiger partial charge in [0.15, 0.2) is 0 Å². The highest BCUT2D eigenvalue weighted by Gasteiger charge is 2.09. The molecule has 0 saturated heterocycles. The van der Waals surface area contributed by atoms with Crippen molar-refractivity contribution in [1.82, 2.24) is 9.55 Å². The number of nitriles is 1. The average Bonchev–Trinajstić information content (AvgIpc) is 2.60. The lowest BCUT2D eigenvalue weighted by Crippen LogP contribution is -1.99. The third-order valence-corrected chi connectivity index (χ3v) is 2.59. The number of aromatic nitrogens is 2. The zero-order chi connectivity index (χ0) is 11.7. The van der Waals surface area contributed by atoms with Crippen LogP contribution in [-0.4, -0.2) is 9.55 Å². The van der Waals surface area contributed by atoms with E-state index in [1.165, 1.54) is 6.07 Å². The first-order chi connectivity index (χ1) is 7.63. The fraction of sp³-hybridized carbons (Fsp3) is 0.167. The second kappa shape index (κ2) is 3.78. The predicted octanol–water partition coefficient (Wildman–Crippen LogP) is 2.50. The standard InChI is InChI=1S/C12H10FN3/c1-8-9(2)16(7-15-8)12-4-3-10(6-14)5-11(12)13/h3-5,7H,1-2H3. The number of hydrogen-bond donors (Lipinski definition) is 0. The van der Waals surface area contributed by atoms with E-state index in [0.29, 0.717) is 11.3 Å². The van der Waals surface area contributed by atoms with Gasteiger partial charge in [-0.3, -0.25) is 0 Å². The van der Waals surface area contributed by atoms with E-state index in [2.05, 4.69) is 4.98 Å². The maximum atomic E-state index is 13.7. The Morgan fingerprint density at radius 3 is 2.62 bits per heavy atom. The lowest BCUT2D eigenvalue weighted by Gasteiger charge is -2.06. The van der Waals surface area contributed by atoms with Gasteiger partial charge in [0.2, 0.25) is 0 Å². The highest BCUT2D eigenvalue weighted by atomic mass is 19.1. The SMILES string of the molecule is Cc1ncn(-c2ccc(C#N)cc2F)c1C. The molecule has 1 aromatic heterocycles. The monoisotopic (exact) mass is 215 g/mol. The van der Waals surface area contributed by atoms with Crippen LogP contribution in [0.15, 0.2) is 24.5 Å². The van der Waals surface area contributed by atoms with E-state index in [9.17, 15) is 4.39 Å². The first-order valence-electron chi connectivity index (χ1n) is 4.84. The molecule has 1 heterocycles. The average molecular weight is 215 g/mol. The van der Waals surface area contributed by atoms with Gasteiger partial charge in [-0.15, -0.1) is 0 Å². The summed E-state index contributed by atoms with van der Waals surface area (Å²) in [5, 5.41) is 8.65. The number of aryl methyl sites for hydroxylation is 1. The van der Waals surface area contributed by atoms with Gasteiger partial charge in [0.25, 0.3) is 0 Å². The van der Waals surface area contributed by atoms with Crippen molar-refractivity contribution >= 4 is 0 Å². The number of hydrogen-bond acceptors (Lipinski definition) is 2. The van der Waals surface area contributed by atoms with Crippen LogP contribution in [-0.2, 0) is 0 Å². The lowest BCUT2D eigenvalue weighted by molar-refractivity contribution is 0.616. The first kappa shape index (κ1) is 10.4. The zero-order valence-corrected chi connectivity index (χ0v) is 9.03. The Bertz CT molecular complexity index is 578. The molecule has 0 aliphatic rings. The minimum Gasteiger partial charge on any atom is -0.300 e. The van der Waals surface area contributed by atoms with Crippen LogP contribution in [0.1, 0.15) is 17.0 Å². The Morgan fingerprint density at radius 2 is 2.12 bits per heavy atom. The minimum atomic E-state index is -0.417. The van der Waals surface area contributed by atoms with E-state index in [1.807, 2.05) is 19.9 Å². The van der Waals surface area contributed by atoms with Gasteiger partial charge in [-0.1, -0.05) is 0 Å². The van der Waals surface area contributed by atoms with Gasteiger partial charge in [0.05, 0.1) is 29.3 Å². The molecular formula is C12H10FN3. The number of nitrogens with zero attached hydrogens (tertiary/aromatic N) is 3. The fourth-order valence-corrected chi connectivity index (χ4v) is 1.51. The number of benzene rings is 1. The lowest BCUT2D eigenvalue weighted by atomic mass is 10.2. The molecule has 0 saturated carbocycles. The molecule has 0 radical (unpaired) electrons. The number of halogens is 1. The Labute approximate surface area is 92.8 Å². The molecule has 1 aromatic carbocycles. The molecule has 0 fully saturated rings. The summed E-state index contributed by atoms with van der Waals surface area (Å²) in [6, 6.07) is 6.30. The van der Waals surface area contributed by atoms with Crippen LogP contribution in [0.2, 0.25) is 0 Å². The van der Waals surface area contributed by atoms with Crippen molar-refractivity contribution in [1.29, 1.82) is 5.26 Å². The third kappa shape index (κ3) is 1.57. The fourth-order valence-electron chi connectivity index (χ4n) is 1.51. The zero-order valence-electron chi connectivity index (χ0n) is 9.03. The molecule has 80 valence electrons. The first-order valence-corrected chi connectivity index (χ1v) is 4.84. The summed E-state index contributed by atoms with van der Waals surface area (Å²) in [4.78, 5) is 4.11. The summed E-state index contributed by atoms with van der Waals surface area (Å²) < 4.78 is 15.4. The number of imidazole rings is 1. The molecule has 0 bridgehead atoms. The summed E-state index contributed by atoms with van der Waals surface area (Å²) in [6.07, 6.45) is 1.58. The van der Waals surface area contributed by atoms with E-state index in [1.54, 1.807) is 23.0 Å². The summed E-state index contributed by atoms with van der Waals surface area (Å²) >= 11 is 0. The summed E-state index contributed by atoms with van der Waals surface area (Å²) in [5.74, 6) is -0.417. The predicted molar refractivity (Wildman–Crippen MR) is 57.7 cm³/mol. The van der Waals surface area contributed by atoms with Crippen molar-refractivity contribution < 1.29 is 4.39 Å². The van der Waals surface area contributed by atoms with Crippen molar-refractivity contribution in [3.63, 3.8) is 0 Å². The van der Waals surface area contributed by atoms with Gasteiger partial charge in [-0.25, -0.2) is 9.37 Å². The van der Waals surface area contributed by atoms with Crippen molar-refractivity contribution in [3.8, 4) is 11.8 Å². The molecule has 0 unspecified atom stereocenters. The highest BCUT2D eigenvalue weighted by molar-refractivity contribution is 5.42. The molecule has 3 nitrogen and oxygen atoms in total. The van der Waals surface area contributed by atoms with Gasteiger partial charge in [0.1, 0.15) is 5.82 Å².